The van der Waals surface area contributed by atoms with E-state index in [2.05, 4.69) is 30.7 Å². The zero-order valence-electron chi connectivity index (χ0n) is 16.7. The van der Waals surface area contributed by atoms with E-state index in [9.17, 15) is 9.50 Å². The number of hydrogen-bond acceptors (Lipinski definition) is 7. The van der Waals surface area contributed by atoms with Gasteiger partial charge in [-0.1, -0.05) is 0 Å². The molecule has 1 unspecified atom stereocenters. The summed E-state index contributed by atoms with van der Waals surface area (Å²) < 4.78 is 15.0. The molecule has 2 saturated heterocycles. The van der Waals surface area contributed by atoms with Gasteiger partial charge < -0.3 is 10.4 Å². The molecular weight excluding hydrogens is 385 g/mol. The maximum Gasteiger partial charge on any atom is 0.172 e. The number of piperidine rings is 1. The van der Waals surface area contributed by atoms with Crippen molar-refractivity contribution in [1.82, 2.24) is 35.5 Å². The Kier molecular flexibility index (Phi) is 4.35. The molecule has 2 aromatic heterocycles. The van der Waals surface area contributed by atoms with Crippen molar-refractivity contribution in [3.63, 3.8) is 0 Å². The van der Waals surface area contributed by atoms with Crippen LogP contribution in [0.4, 0.5) is 4.39 Å². The van der Waals surface area contributed by atoms with Crippen LogP contribution in [0.1, 0.15) is 37.7 Å². The maximum atomic E-state index is 15.0. The Bertz CT molecular complexity index is 1130. The first-order valence-corrected chi connectivity index (χ1v) is 9.96. The first-order valence-electron chi connectivity index (χ1n) is 9.96. The number of aryl methyl sites for hydroxylation is 1. The van der Waals surface area contributed by atoms with Crippen LogP contribution < -0.4 is 5.32 Å². The number of aromatic nitrogens is 6. The van der Waals surface area contributed by atoms with Crippen molar-refractivity contribution in [3.8, 4) is 22.7 Å². The van der Waals surface area contributed by atoms with Crippen LogP contribution in [0.2, 0.25) is 0 Å². The summed E-state index contributed by atoms with van der Waals surface area (Å²) in [6.07, 6.45) is 6.51. The summed E-state index contributed by atoms with van der Waals surface area (Å²) in [5.74, 6) is 0.579. The van der Waals surface area contributed by atoms with Gasteiger partial charge in [-0.05, 0) is 62.1 Å². The smallest absolute Gasteiger partial charge is 0.172 e. The van der Waals surface area contributed by atoms with Gasteiger partial charge in [0.05, 0.1) is 35.0 Å². The zero-order chi connectivity index (χ0) is 20.9. The minimum atomic E-state index is -1.02. The Morgan fingerprint density at radius 1 is 1.30 bits per heavy atom. The zero-order valence-corrected chi connectivity index (χ0v) is 16.7. The molecule has 1 aromatic carbocycles. The quantitative estimate of drug-likeness (QED) is 0.688. The number of phenolic OH excluding ortho intramolecular Hbond substituents is 1. The van der Waals surface area contributed by atoms with Crippen LogP contribution in [0, 0.1) is 6.92 Å². The number of rotatable bonds is 3. The van der Waals surface area contributed by atoms with Gasteiger partial charge in [0.25, 0.3) is 0 Å². The standard InChI is InChI=1S/C21H22FN7O/c1-12-26-28-29(27-12)16-3-4-17(19(30)9-16)18-11-23-15(10-24-18)8-13-7-14-5-6-21(2,25-14)20(13)22/h3-4,8-11,14,20,25,30H,5-7H2,1-2H3/b13-8+/t14?,20-,21-/m0/s1. The first-order chi connectivity index (χ1) is 14.4. The van der Waals surface area contributed by atoms with E-state index in [1.165, 1.54) is 4.80 Å². The van der Waals surface area contributed by atoms with Crippen molar-refractivity contribution >= 4 is 6.08 Å². The van der Waals surface area contributed by atoms with Crippen molar-refractivity contribution < 1.29 is 9.50 Å². The molecule has 2 aliphatic rings. The molecule has 8 nitrogen and oxygen atoms in total. The second-order valence-corrected chi connectivity index (χ2v) is 8.24. The molecule has 3 aromatic rings. The number of fused-ring (bicyclic) bond motifs is 2. The van der Waals surface area contributed by atoms with Crippen molar-refractivity contribution in [3.05, 3.63) is 47.7 Å². The molecule has 5 rings (SSSR count). The van der Waals surface area contributed by atoms with E-state index < -0.39 is 11.7 Å². The average Bonchev–Trinajstić information content (AvgIpc) is 3.31. The molecule has 2 bridgehead atoms. The van der Waals surface area contributed by atoms with Crippen molar-refractivity contribution in [2.75, 3.05) is 0 Å². The largest absolute Gasteiger partial charge is 0.507 e. The molecule has 0 saturated carbocycles. The van der Waals surface area contributed by atoms with Gasteiger partial charge in [0.15, 0.2) is 5.82 Å². The molecular formula is C21H22FN7O. The van der Waals surface area contributed by atoms with Gasteiger partial charge in [-0.15, -0.1) is 15.0 Å². The van der Waals surface area contributed by atoms with Gasteiger partial charge in [0, 0.05) is 17.7 Å². The molecule has 30 heavy (non-hydrogen) atoms. The summed E-state index contributed by atoms with van der Waals surface area (Å²) in [5.41, 5.74) is 2.56. The van der Waals surface area contributed by atoms with Crippen molar-refractivity contribution in [2.45, 2.75) is 50.9 Å². The van der Waals surface area contributed by atoms with Crippen LogP contribution in [0.5, 0.6) is 5.75 Å². The number of hydrogen-bond donors (Lipinski definition) is 2. The van der Waals surface area contributed by atoms with E-state index in [0.717, 1.165) is 18.4 Å². The summed E-state index contributed by atoms with van der Waals surface area (Å²) in [6, 6.07) is 5.38. The summed E-state index contributed by atoms with van der Waals surface area (Å²) >= 11 is 0. The summed E-state index contributed by atoms with van der Waals surface area (Å²) in [6.45, 7) is 3.69. The number of aromatic hydroxyl groups is 1. The molecule has 9 heteroatoms. The predicted octanol–water partition coefficient (Wildman–Crippen LogP) is 2.77. The number of halogens is 1. The third-order valence-corrected chi connectivity index (χ3v) is 5.92. The summed E-state index contributed by atoms with van der Waals surface area (Å²) in [5, 5.41) is 25.7. The maximum absolute atomic E-state index is 15.0. The highest BCUT2D eigenvalue weighted by Crippen LogP contribution is 2.41. The number of benzene rings is 1. The van der Waals surface area contributed by atoms with Gasteiger partial charge in [0.1, 0.15) is 11.9 Å². The molecule has 154 valence electrons. The van der Waals surface area contributed by atoms with Crippen LogP contribution in [0.15, 0.2) is 36.2 Å². The lowest BCUT2D eigenvalue weighted by molar-refractivity contribution is 0.186. The minimum absolute atomic E-state index is 0.0366. The van der Waals surface area contributed by atoms with Crippen molar-refractivity contribution in [1.29, 1.82) is 0 Å². The monoisotopic (exact) mass is 407 g/mol. The number of alkyl halides is 1. The van der Waals surface area contributed by atoms with Crippen LogP contribution >= 0.6 is 0 Å². The van der Waals surface area contributed by atoms with Gasteiger partial charge in [-0.3, -0.25) is 9.97 Å². The molecule has 3 atom stereocenters. The van der Waals surface area contributed by atoms with Gasteiger partial charge >= 0.3 is 0 Å². The number of tetrazole rings is 1. The highest BCUT2D eigenvalue weighted by atomic mass is 19.1. The molecule has 2 aliphatic heterocycles. The topological polar surface area (TPSA) is 102 Å². The third-order valence-electron chi connectivity index (χ3n) is 5.92. The van der Waals surface area contributed by atoms with Gasteiger partial charge in [0.2, 0.25) is 0 Å². The fourth-order valence-corrected chi connectivity index (χ4v) is 4.36. The third kappa shape index (κ3) is 3.24. The average molecular weight is 407 g/mol. The molecule has 2 fully saturated rings. The lowest BCUT2D eigenvalue weighted by atomic mass is 9.86. The minimum Gasteiger partial charge on any atom is -0.507 e. The Morgan fingerprint density at radius 3 is 2.87 bits per heavy atom. The molecule has 0 radical (unpaired) electrons. The van der Waals surface area contributed by atoms with Crippen LogP contribution in [-0.4, -0.2) is 53.0 Å². The van der Waals surface area contributed by atoms with Crippen LogP contribution in [0.3, 0.4) is 0 Å². The highest BCUT2D eigenvalue weighted by Gasteiger charge is 2.47. The van der Waals surface area contributed by atoms with E-state index in [1.807, 2.05) is 6.92 Å². The Labute approximate surface area is 172 Å². The Balaban J connectivity index is 1.39. The first kappa shape index (κ1) is 18.8. The van der Waals surface area contributed by atoms with Gasteiger partial charge in [-0.25, -0.2) is 4.39 Å². The summed E-state index contributed by atoms with van der Waals surface area (Å²) in [7, 11) is 0. The SMILES string of the molecule is Cc1nnn(-c2ccc(-c3cnc(/C=C4\CC5CC[C@](C)(N5)[C@H]4F)cn3)c(O)c2)n1. The van der Waals surface area contributed by atoms with Crippen molar-refractivity contribution in [2.24, 2.45) is 0 Å². The van der Waals surface area contributed by atoms with Crippen LogP contribution in [0.25, 0.3) is 23.0 Å². The number of nitrogens with one attached hydrogen (secondary N) is 1. The molecule has 0 aliphatic carbocycles. The lowest BCUT2D eigenvalue weighted by Crippen LogP contribution is -2.52. The summed E-state index contributed by atoms with van der Waals surface area (Å²) in [4.78, 5) is 10.2. The Hall–Kier alpha value is -3.20. The fraction of sp³-hybridized carbons (Fsp3) is 0.381. The highest BCUT2D eigenvalue weighted by molar-refractivity contribution is 5.68. The predicted molar refractivity (Wildman–Crippen MR) is 109 cm³/mol. The lowest BCUT2D eigenvalue weighted by Gasteiger charge is -2.36. The van der Waals surface area contributed by atoms with E-state index in [1.54, 1.807) is 43.6 Å². The second kappa shape index (κ2) is 6.94. The Morgan fingerprint density at radius 2 is 2.17 bits per heavy atom. The number of phenols is 1. The second-order valence-electron chi connectivity index (χ2n) is 8.24. The fourth-order valence-electron chi connectivity index (χ4n) is 4.36. The van der Waals surface area contributed by atoms with E-state index in [0.29, 0.717) is 40.9 Å². The van der Waals surface area contributed by atoms with E-state index in [-0.39, 0.29) is 5.75 Å². The van der Waals surface area contributed by atoms with Gasteiger partial charge in [-0.2, -0.15) is 0 Å². The molecule has 0 amide bonds. The van der Waals surface area contributed by atoms with Crippen LogP contribution in [-0.2, 0) is 0 Å². The molecule has 2 N–H and O–H groups in total. The normalized spacial score (nSPS) is 27.0. The van der Waals surface area contributed by atoms with E-state index >= 15 is 0 Å². The van der Waals surface area contributed by atoms with E-state index in [4.69, 9.17) is 0 Å². The number of nitrogens with zero attached hydrogens (tertiary/aromatic N) is 6. The molecule has 0 spiro atoms. The molecule has 4 heterocycles.